The van der Waals surface area contributed by atoms with Gasteiger partial charge in [0, 0.05) is 31.5 Å². The van der Waals surface area contributed by atoms with E-state index in [-0.39, 0.29) is 29.6 Å². The van der Waals surface area contributed by atoms with Crippen LogP contribution in [0.5, 0.6) is 11.5 Å². The van der Waals surface area contributed by atoms with Crippen LogP contribution in [-0.2, 0) is 9.59 Å². The molecule has 0 aromatic heterocycles. The third kappa shape index (κ3) is 5.92. The first-order chi connectivity index (χ1) is 16.0. The lowest BCUT2D eigenvalue weighted by molar-refractivity contribution is -0.141. The lowest BCUT2D eigenvalue weighted by Crippen LogP contribution is -2.40. The van der Waals surface area contributed by atoms with E-state index in [1.807, 2.05) is 26.8 Å². The van der Waals surface area contributed by atoms with E-state index in [1.165, 1.54) is 22.0 Å². The molecule has 1 unspecified atom stereocenters. The van der Waals surface area contributed by atoms with Gasteiger partial charge in [-0.2, -0.15) is 5.10 Å². The summed E-state index contributed by atoms with van der Waals surface area (Å²) in [7, 11) is 4.75. The fourth-order valence-corrected chi connectivity index (χ4v) is 3.84. The highest BCUT2D eigenvalue weighted by Crippen LogP contribution is 2.36. The van der Waals surface area contributed by atoms with E-state index in [2.05, 4.69) is 5.10 Å². The Morgan fingerprint density at radius 1 is 1.12 bits per heavy atom. The van der Waals surface area contributed by atoms with Crippen LogP contribution in [0.1, 0.15) is 50.8 Å². The Bertz CT molecular complexity index is 1080. The van der Waals surface area contributed by atoms with Crippen molar-refractivity contribution in [1.82, 2.24) is 9.91 Å². The number of methoxy groups -OCH3 is 2. The molecule has 0 bridgehead atoms. The molecule has 1 aliphatic rings. The third-order valence-corrected chi connectivity index (χ3v) is 5.62. The van der Waals surface area contributed by atoms with Crippen molar-refractivity contribution in [3.63, 3.8) is 0 Å². The number of hydrogen-bond donors (Lipinski definition) is 0. The predicted octanol–water partition coefficient (Wildman–Crippen LogP) is 4.42. The highest BCUT2D eigenvalue weighted by atomic mass is 19.1. The lowest BCUT2D eigenvalue weighted by atomic mass is 9.92. The maximum Gasteiger partial charge on any atom is 0.262 e. The van der Waals surface area contributed by atoms with E-state index in [0.717, 1.165) is 11.1 Å². The zero-order valence-electron chi connectivity index (χ0n) is 20.6. The van der Waals surface area contributed by atoms with Crippen LogP contribution in [0, 0.1) is 11.2 Å². The maximum atomic E-state index is 13.6. The summed E-state index contributed by atoms with van der Waals surface area (Å²) >= 11 is 0. The Labute approximate surface area is 200 Å². The first kappa shape index (κ1) is 25.2. The molecule has 182 valence electrons. The molecule has 34 heavy (non-hydrogen) atoms. The molecule has 8 heteroatoms. The van der Waals surface area contributed by atoms with Crippen molar-refractivity contribution in [1.29, 1.82) is 0 Å². The van der Waals surface area contributed by atoms with Crippen molar-refractivity contribution in [3.05, 3.63) is 59.4 Å². The monoisotopic (exact) mass is 469 g/mol. The summed E-state index contributed by atoms with van der Waals surface area (Å²) in [5.74, 6) is 0.426. The average molecular weight is 470 g/mol. The number of hydrogen-bond acceptors (Lipinski definition) is 5. The molecule has 2 amide bonds. The number of rotatable bonds is 7. The second-order valence-corrected chi connectivity index (χ2v) is 9.61. The molecule has 7 nitrogen and oxygen atoms in total. The number of ether oxygens (including phenoxy) is 2. The van der Waals surface area contributed by atoms with Gasteiger partial charge in [-0.25, -0.2) is 9.40 Å². The quantitative estimate of drug-likeness (QED) is 0.602. The minimum absolute atomic E-state index is 0.108. The van der Waals surface area contributed by atoms with Gasteiger partial charge in [0.15, 0.2) is 0 Å². The summed E-state index contributed by atoms with van der Waals surface area (Å²) in [4.78, 5) is 27.3. The second kappa shape index (κ2) is 10.2. The van der Waals surface area contributed by atoms with E-state index in [1.54, 1.807) is 45.5 Å². The molecule has 2 aromatic rings. The minimum atomic E-state index is -0.430. The van der Waals surface area contributed by atoms with Crippen molar-refractivity contribution < 1.29 is 23.5 Å². The highest BCUT2D eigenvalue weighted by molar-refractivity contribution is 6.05. The zero-order valence-corrected chi connectivity index (χ0v) is 20.6. The van der Waals surface area contributed by atoms with Crippen LogP contribution in [0.2, 0.25) is 0 Å². The van der Waals surface area contributed by atoms with Gasteiger partial charge in [0.05, 0.1) is 26.0 Å². The molecule has 0 radical (unpaired) electrons. The molecule has 1 aliphatic heterocycles. The Balaban J connectivity index is 1.91. The van der Waals surface area contributed by atoms with Gasteiger partial charge in [-0.05, 0) is 35.2 Å². The smallest absolute Gasteiger partial charge is 0.262 e. The van der Waals surface area contributed by atoms with Crippen molar-refractivity contribution in [2.75, 3.05) is 27.8 Å². The van der Waals surface area contributed by atoms with E-state index in [9.17, 15) is 14.0 Å². The highest BCUT2D eigenvalue weighted by Gasteiger charge is 2.35. The number of benzene rings is 2. The predicted molar refractivity (Wildman–Crippen MR) is 128 cm³/mol. The number of nitrogens with zero attached hydrogens (tertiary/aromatic N) is 3. The van der Waals surface area contributed by atoms with Crippen LogP contribution in [0.15, 0.2) is 47.6 Å². The van der Waals surface area contributed by atoms with Crippen LogP contribution >= 0.6 is 0 Å². The molecule has 0 fully saturated rings. The van der Waals surface area contributed by atoms with Crippen LogP contribution < -0.4 is 9.47 Å². The number of likely N-dealkylation sites (N-methyl/N-ethyl adjacent to an activating group) is 1. The number of hydrazone groups is 1. The number of halogens is 1. The Morgan fingerprint density at radius 2 is 1.79 bits per heavy atom. The van der Waals surface area contributed by atoms with Gasteiger partial charge in [0.25, 0.3) is 5.91 Å². The van der Waals surface area contributed by atoms with Crippen molar-refractivity contribution in [2.45, 2.75) is 39.7 Å². The number of amides is 2. The molecular formula is C26H32FN3O4. The fraction of sp³-hybridized carbons (Fsp3) is 0.423. The van der Waals surface area contributed by atoms with Crippen molar-refractivity contribution in [3.8, 4) is 11.5 Å². The molecule has 0 aliphatic carbocycles. The fourth-order valence-electron chi connectivity index (χ4n) is 3.84. The maximum absolute atomic E-state index is 13.6. The van der Waals surface area contributed by atoms with Crippen LogP contribution in [0.3, 0.4) is 0 Å². The summed E-state index contributed by atoms with van der Waals surface area (Å²) in [6.07, 6.45) is 0.745. The zero-order chi connectivity index (χ0) is 25.0. The van der Waals surface area contributed by atoms with Crippen LogP contribution in [0.25, 0.3) is 0 Å². The van der Waals surface area contributed by atoms with Crippen LogP contribution in [-0.4, -0.2) is 55.2 Å². The van der Waals surface area contributed by atoms with Gasteiger partial charge in [-0.15, -0.1) is 0 Å². The minimum Gasteiger partial charge on any atom is -0.497 e. The second-order valence-electron chi connectivity index (χ2n) is 9.61. The topological polar surface area (TPSA) is 71.4 Å². The molecule has 1 atom stereocenters. The van der Waals surface area contributed by atoms with Gasteiger partial charge in [0.2, 0.25) is 5.91 Å². The lowest BCUT2D eigenvalue weighted by Gasteiger charge is -2.26. The number of carbonyl (C=O) groups is 2. The third-order valence-electron chi connectivity index (χ3n) is 5.62. The molecule has 0 N–H and O–H groups in total. The van der Waals surface area contributed by atoms with Gasteiger partial charge in [-0.1, -0.05) is 32.9 Å². The van der Waals surface area contributed by atoms with Gasteiger partial charge in [-0.3, -0.25) is 9.59 Å². The molecule has 3 rings (SSSR count). The largest absolute Gasteiger partial charge is 0.497 e. The molecule has 0 saturated heterocycles. The molecule has 0 spiro atoms. The SMILES string of the molecule is COc1ccc(C2=NN(C(=O)CN(C)C(=O)CC(C)(C)C)C(c3ccc(F)cc3)C2)c(OC)c1. The summed E-state index contributed by atoms with van der Waals surface area (Å²) in [6, 6.07) is 11.0. The average Bonchev–Trinajstić information content (AvgIpc) is 3.23. The van der Waals surface area contributed by atoms with Gasteiger partial charge < -0.3 is 14.4 Å². The summed E-state index contributed by atoms with van der Waals surface area (Å²) < 4.78 is 24.4. The summed E-state index contributed by atoms with van der Waals surface area (Å²) in [6.45, 7) is 5.82. The van der Waals surface area contributed by atoms with Crippen molar-refractivity contribution >= 4 is 17.5 Å². The van der Waals surface area contributed by atoms with Gasteiger partial charge >= 0.3 is 0 Å². The molecule has 0 saturated carbocycles. The van der Waals surface area contributed by atoms with E-state index in [0.29, 0.717) is 30.1 Å². The molecule has 2 aromatic carbocycles. The molecule has 1 heterocycles. The Morgan fingerprint density at radius 3 is 2.38 bits per heavy atom. The van der Waals surface area contributed by atoms with E-state index in [4.69, 9.17) is 9.47 Å². The standard InChI is InChI=1S/C26H32FN3O4/c1-26(2,3)15-24(31)29(4)16-25(32)30-22(17-7-9-18(27)10-8-17)14-21(28-30)20-12-11-19(33-5)13-23(20)34-6/h7-13,22H,14-16H2,1-6H3. The van der Waals surface area contributed by atoms with E-state index < -0.39 is 6.04 Å². The normalized spacial score (nSPS) is 15.7. The first-order valence-electron chi connectivity index (χ1n) is 11.1. The first-order valence-corrected chi connectivity index (χ1v) is 11.1. The van der Waals surface area contributed by atoms with Crippen molar-refractivity contribution in [2.24, 2.45) is 10.5 Å². The number of carbonyl (C=O) groups excluding carboxylic acids is 2. The Kier molecular flexibility index (Phi) is 7.59. The van der Waals surface area contributed by atoms with E-state index >= 15 is 0 Å². The summed E-state index contributed by atoms with van der Waals surface area (Å²) in [5.41, 5.74) is 1.97. The van der Waals surface area contributed by atoms with Crippen LogP contribution in [0.4, 0.5) is 4.39 Å². The van der Waals surface area contributed by atoms with Gasteiger partial charge in [0.1, 0.15) is 23.9 Å². The Hall–Kier alpha value is -3.42. The molecular weight excluding hydrogens is 437 g/mol. The summed E-state index contributed by atoms with van der Waals surface area (Å²) in [5, 5.41) is 6.03.